The topological polar surface area (TPSA) is 32.8 Å². The minimum atomic E-state index is 0.0337. The van der Waals surface area contributed by atoms with Crippen molar-refractivity contribution < 1.29 is 9.53 Å². The fraction of sp³-hybridized carbons (Fsp3) is 0.316. The molecule has 1 saturated heterocycles. The highest BCUT2D eigenvalue weighted by Crippen LogP contribution is 2.30. The van der Waals surface area contributed by atoms with Gasteiger partial charge in [-0.25, -0.2) is 0 Å². The highest BCUT2D eigenvalue weighted by molar-refractivity contribution is 6.31. The van der Waals surface area contributed by atoms with Crippen molar-refractivity contribution in [2.45, 2.75) is 6.92 Å². The van der Waals surface area contributed by atoms with Gasteiger partial charge in [0.25, 0.3) is 0 Å². The molecule has 2 aromatic rings. The second-order valence-electron chi connectivity index (χ2n) is 5.90. The van der Waals surface area contributed by atoms with Crippen LogP contribution in [0.2, 0.25) is 5.02 Å². The van der Waals surface area contributed by atoms with Crippen molar-refractivity contribution in [2.75, 3.05) is 43.1 Å². The summed E-state index contributed by atoms with van der Waals surface area (Å²) in [5.74, 6) is 0.930. The van der Waals surface area contributed by atoms with Gasteiger partial charge in [-0.3, -0.25) is 4.79 Å². The number of carbonyl (C=O) groups excluding carboxylic acids is 1. The lowest BCUT2D eigenvalue weighted by Gasteiger charge is -2.38. The Morgan fingerprint density at radius 2 is 1.71 bits per heavy atom. The molecule has 1 aliphatic rings. The van der Waals surface area contributed by atoms with E-state index in [0.29, 0.717) is 10.6 Å². The van der Waals surface area contributed by atoms with Crippen LogP contribution < -0.4 is 14.5 Å². The van der Waals surface area contributed by atoms with Crippen LogP contribution in [0.25, 0.3) is 0 Å². The normalized spacial score (nSPS) is 14.6. The fourth-order valence-corrected chi connectivity index (χ4v) is 3.29. The van der Waals surface area contributed by atoms with Crippen LogP contribution in [0, 0.1) is 0 Å². The molecular formula is C19H21ClN2O2. The highest BCUT2D eigenvalue weighted by Gasteiger charge is 2.20. The van der Waals surface area contributed by atoms with Gasteiger partial charge in [0.2, 0.25) is 0 Å². The maximum absolute atomic E-state index is 11.6. The van der Waals surface area contributed by atoms with Crippen LogP contribution in [0.15, 0.2) is 42.5 Å². The van der Waals surface area contributed by atoms with Gasteiger partial charge in [0.05, 0.1) is 12.8 Å². The predicted octanol–water partition coefficient (Wildman–Crippen LogP) is 3.88. The second-order valence-corrected chi connectivity index (χ2v) is 6.34. The molecule has 0 unspecified atom stereocenters. The van der Waals surface area contributed by atoms with Crippen LogP contribution in [-0.4, -0.2) is 39.1 Å². The molecule has 0 saturated carbocycles. The first-order valence-corrected chi connectivity index (χ1v) is 8.40. The number of piperazine rings is 1. The Hall–Kier alpha value is -2.20. The summed E-state index contributed by atoms with van der Waals surface area (Å²) in [4.78, 5) is 16.2. The monoisotopic (exact) mass is 344 g/mol. The molecule has 2 aromatic carbocycles. The quantitative estimate of drug-likeness (QED) is 0.788. The average Bonchev–Trinajstić information content (AvgIpc) is 2.61. The van der Waals surface area contributed by atoms with Gasteiger partial charge in [-0.15, -0.1) is 0 Å². The summed E-state index contributed by atoms with van der Waals surface area (Å²) in [7, 11) is 1.70. The number of carbonyl (C=O) groups is 1. The Morgan fingerprint density at radius 1 is 1.04 bits per heavy atom. The SMILES string of the molecule is COc1ccccc1N1CCN(c2cc(Cl)cc(C(C)=O)c2)CC1. The van der Waals surface area contributed by atoms with Crippen molar-refractivity contribution in [3.8, 4) is 5.75 Å². The molecule has 0 aliphatic carbocycles. The highest BCUT2D eigenvalue weighted by atomic mass is 35.5. The predicted molar refractivity (Wildman–Crippen MR) is 98.9 cm³/mol. The van der Waals surface area contributed by atoms with Crippen LogP contribution in [0.5, 0.6) is 5.75 Å². The molecule has 1 aliphatic heterocycles. The molecule has 0 spiro atoms. The Bertz CT molecular complexity index is 740. The van der Waals surface area contributed by atoms with Crippen molar-refractivity contribution in [3.63, 3.8) is 0 Å². The van der Waals surface area contributed by atoms with E-state index in [2.05, 4.69) is 15.9 Å². The summed E-state index contributed by atoms with van der Waals surface area (Å²) >= 11 is 6.17. The molecule has 4 nitrogen and oxygen atoms in total. The van der Waals surface area contributed by atoms with Gasteiger partial charge < -0.3 is 14.5 Å². The molecule has 5 heteroatoms. The zero-order valence-electron chi connectivity index (χ0n) is 14.0. The zero-order valence-corrected chi connectivity index (χ0v) is 14.7. The van der Waals surface area contributed by atoms with Gasteiger partial charge in [-0.2, -0.15) is 0 Å². The van der Waals surface area contributed by atoms with Crippen molar-refractivity contribution in [3.05, 3.63) is 53.1 Å². The molecule has 1 fully saturated rings. The molecule has 1 heterocycles. The number of anilines is 2. The first-order valence-electron chi connectivity index (χ1n) is 8.03. The Kier molecular flexibility index (Phi) is 4.95. The lowest BCUT2D eigenvalue weighted by Crippen LogP contribution is -2.46. The van der Waals surface area contributed by atoms with Gasteiger partial charge in [-0.05, 0) is 37.3 Å². The standard InChI is InChI=1S/C19H21ClN2O2/c1-14(23)15-11-16(20)13-17(12-15)21-7-9-22(10-8-21)18-5-3-4-6-19(18)24-2/h3-6,11-13H,7-10H2,1-2H3. The number of hydrogen-bond acceptors (Lipinski definition) is 4. The van der Waals surface area contributed by atoms with Gasteiger partial charge >= 0.3 is 0 Å². The van der Waals surface area contributed by atoms with E-state index >= 15 is 0 Å². The van der Waals surface area contributed by atoms with E-state index in [1.165, 1.54) is 0 Å². The molecule has 0 bridgehead atoms. The van der Waals surface area contributed by atoms with Crippen molar-refractivity contribution in [1.82, 2.24) is 0 Å². The second kappa shape index (κ2) is 7.14. The number of methoxy groups -OCH3 is 1. The van der Waals surface area contributed by atoms with E-state index in [1.807, 2.05) is 30.3 Å². The zero-order chi connectivity index (χ0) is 17.1. The number of para-hydroxylation sites is 2. The number of nitrogens with zero attached hydrogens (tertiary/aromatic N) is 2. The number of benzene rings is 2. The first kappa shape index (κ1) is 16.7. The summed E-state index contributed by atoms with van der Waals surface area (Å²) in [6, 6.07) is 13.6. The number of ether oxygens (including phenoxy) is 1. The summed E-state index contributed by atoms with van der Waals surface area (Å²) < 4.78 is 5.46. The summed E-state index contributed by atoms with van der Waals surface area (Å²) in [5, 5.41) is 0.602. The third-order valence-electron chi connectivity index (χ3n) is 4.36. The molecule has 0 atom stereocenters. The molecule has 0 amide bonds. The van der Waals surface area contributed by atoms with E-state index in [4.69, 9.17) is 16.3 Å². The van der Waals surface area contributed by atoms with Crippen molar-refractivity contribution >= 4 is 28.8 Å². The third kappa shape index (κ3) is 3.49. The molecule has 126 valence electrons. The van der Waals surface area contributed by atoms with E-state index in [9.17, 15) is 4.79 Å². The number of rotatable bonds is 4. The molecule has 3 rings (SSSR count). The minimum absolute atomic E-state index is 0.0337. The fourth-order valence-electron chi connectivity index (χ4n) is 3.06. The third-order valence-corrected chi connectivity index (χ3v) is 4.58. The molecule has 24 heavy (non-hydrogen) atoms. The largest absolute Gasteiger partial charge is 0.495 e. The summed E-state index contributed by atoms with van der Waals surface area (Å²) in [6.45, 7) is 5.09. The van der Waals surface area contributed by atoms with Gasteiger partial charge in [0.1, 0.15) is 5.75 Å². The van der Waals surface area contributed by atoms with E-state index in [0.717, 1.165) is 43.3 Å². The van der Waals surface area contributed by atoms with Crippen LogP contribution >= 0.6 is 11.6 Å². The number of hydrogen-bond donors (Lipinski definition) is 0. The van der Waals surface area contributed by atoms with Gasteiger partial charge in [-0.1, -0.05) is 23.7 Å². The van der Waals surface area contributed by atoms with E-state index in [-0.39, 0.29) is 5.78 Å². The lowest BCUT2D eigenvalue weighted by molar-refractivity contribution is 0.101. The average molecular weight is 345 g/mol. The minimum Gasteiger partial charge on any atom is -0.495 e. The molecule has 0 radical (unpaired) electrons. The van der Waals surface area contributed by atoms with Gasteiger partial charge in [0, 0.05) is 42.5 Å². The smallest absolute Gasteiger partial charge is 0.159 e. The van der Waals surface area contributed by atoms with Crippen molar-refractivity contribution in [2.24, 2.45) is 0 Å². The number of halogens is 1. The lowest BCUT2D eigenvalue weighted by atomic mass is 10.1. The van der Waals surface area contributed by atoms with Crippen LogP contribution in [0.1, 0.15) is 17.3 Å². The molecule has 0 aromatic heterocycles. The number of Topliss-reactive ketones (excluding diaryl/α,β-unsaturated/α-hetero) is 1. The van der Waals surface area contributed by atoms with E-state index < -0.39 is 0 Å². The maximum atomic E-state index is 11.6. The van der Waals surface area contributed by atoms with Crippen molar-refractivity contribution in [1.29, 1.82) is 0 Å². The molecular weight excluding hydrogens is 324 g/mol. The first-order chi connectivity index (χ1) is 11.6. The van der Waals surface area contributed by atoms with Crippen LogP contribution in [-0.2, 0) is 0 Å². The summed E-state index contributed by atoms with van der Waals surface area (Å²) in [5.41, 5.74) is 2.78. The van der Waals surface area contributed by atoms with E-state index in [1.54, 1.807) is 20.1 Å². The Labute approximate surface area is 147 Å². The van der Waals surface area contributed by atoms with Gasteiger partial charge in [0.15, 0.2) is 5.78 Å². The maximum Gasteiger partial charge on any atom is 0.159 e. The summed E-state index contributed by atoms with van der Waals surface area (Å²) in [6.07, 6.45) is 0. The number of ketones is 1. The Balaban J connectivity index is 1.75. The van der Waals surface area contributed by atoms with Crippen LogP contribution in [0.3, 0.4) is 0 Å². The Morgan fingerprint density at radius 3 is 2.38 bits per heavy atom. The van der Waals surface area contributed by atoms with Crippen LogP contribution in [0.4, 0.5) is 11.4 Å². The molecule has 0 N–H and O–H groups in total.